The highest BCUT2D eigenvalue weighted by Gasteiger charge is 2.28. The molecule has 2 heterocycles. The average molecular weight is 484 g/mol. The Morgan fingerprint density at radius 3 is 2.38 bits per heavy atom. The van der Waals surface area contributed by atoms with E-state index in [1.807, 2.05) is 42.9 Å². The molecule has 1 unspecified atom stereocenters. The van der Waals surface area contributed by atoms with Gasteiger partial charge in [-0.25, -0.2) is 13.4 Å². The molecule has 4 rings (SSSR count). The molecule has 0 aliphatic carbocycles. The van der Waals surface area contributed by atoms with Crippen LogP contribution >= 0.6 is 0 Å². The molecule has 1 saturated heterocycles. The summed E-state index contributed by atoms with van der Waals surface area (Å²) in [6.07, 6.45) is 3.47. The van der Waals surface area contributed by atoms with Gasteiger partial charge in [-0.1, -0.05) is 18.2 Å². The van der Waals surface area contributed by atoms with Crippen molar-refractivity contribution in [3.05, 3.63) is 77.9 Å². The largest absolute Gasteiger partial charge is 0.497 e. The van der Waals surface area contributed by atoms with E-state index >= 15 is 0 Å². The minimum absolute atomic E-state index is 0.114. The maximum absolute atomic E-state index is 13.3. The number of carbonyl (C=O) groups is 1. The summed E-state index contributed by atoms with van der Waals surface area (Å²) in [4.78, 5) is 19.9. The summed E-state index contributed by atoms with van der Waals surface area (Å²) in [5.74, 6) is 0.967. The molecule has 3 aromatic rings. The zero-order valence-corrected chi connectivity index (χ0v) is 20.3. The molecule has 1 aliphatic rings. The number of rotatable bonds is 7. The maximum Gasteiger partial charge on any atom is 0.252 e. The molecule has 1 aromatic heterocycles. The second-order valence-electron chi connectivity index (χ2n) is 8.31. The van der Waals surface area contributed by atoms with Gasteiger partial charge in [-0.3, -0.25) is 4.79 Å². The number of amides is 1. The Morgan fingerprint density at radius 1 is 1.06 bits per heavy atom. The molecule has 0 saturated carbocycles. The Hall–Kier alpha value is -3.21. The van der Waals surface area contributed by atoms with Crippen LogP contribution in [0.25, 0.3) is 0 Å². The minimum atomic E-state index is -3.68. The summed E-state index contributed by atoms with van der Waals surface area (Å²) in [6.45, 7) is 2.20. The molecule has 0 bridgehead atoms. The van der Waals surface area contributed by atoms with Crippen LogP contribution in [0.2, 0.25) is 0 Å². The van der Waals surface area contributed by atoms with Gasteiger partial charge in [-0.05, 0) is 42.9 Å². The molecule has 1 aliphatic heterocycles. The number of hydrogen-bond donors (Lipinski definition) is 1. The first-order chi connectivity index (χ1) is 16.3. The minimum Gasteiger partial charge on any atom is -0.497 e. The second kappa shape index (κ2) is 9.96. The van der Waals surface area contributed by atoms with E-state index in [2.05, 4.69) is 15.2 Å². The fraction of sp³-hybridized carbons (Fsp3) is 0.333. The van der Waals surface area contributed by atoms with Gasteiger partial charge in [0.25, 0.3) is 5.91 Å². The van der Waals surface area contributed by atoms with Crippen LogP contribution in [-0.4, -0.2) is 73.4 Å². The van der Waals surface area contributed by atoms with Crippen molar-refractivity contribution in [1.82, 2.24) is 24.1 Å². The van der Waals surface area contributed by atoms with Gasteiger partial charge in [-0.2, -0.15) is 4.31 Å². The zero-order chi connectivity index (χ0) is 24.3. The van der Waals surface area contributed by atoms with Crippen molar-refractivity contribution >= 4 is 15.9 Å². The molecule has 1 fully saturated rings. The molecule has 1 amide bonds. The Labute approximate surface area is 200 Å². The summed E-state index contributed by atoms with van der Waals surface area (Å²) >= 11 is 0. The number of nitrogens with one attached hydrogen (secondary N) is 1. The van der Waals surface area contributed by atoms with Crippen molar-refractivity contribution < 1.29 is 17.9 Å². The van der Waals surface area contributed by atoms with Crippen LogP contribution in [-0.2, 0) is 17.1 Å². The number of nitrogens with zero attached hydrogens (tertiary/aromatic N) is 4. The molecule has 1 atom stereocenters. The lowest BCUT2D eigenvalue weighted by Gasteiger charge is -2.31. The van der Waals surface area contributed by atoms with Crippen molar-refractivity contribution in [1.29, 1.82) is 0 Å². The van der Waals surface area contributed by atoms with Crippen molar-refractivity contribution in [2.75, 3.05) is 40.3 Å². The number of aromatic nitrogens is 2. The van der Waals surface area contributed by atoms with Crippen LogP contribution in [0.1, 0.15) is 27.8 Å². The third kappa shape index (κ3) is 4.98. The molecular weight excluding hydrogens is 454 g/mol. The Bertz CT molecular complexity index is 1250. The molecule has 180 valence electrons. The third-order valence-corrected chi connectivity index (χ3v) is 7.93. The number of benzene rings is 2. The number of imidazole rings is 1. The number of sulfonamides is 1. The molecule has 1 N–H and O–H groups in total. The van der Waals surface area contributed by atoms with Crippen molar-refractivity contribution in [2.45, 2.75) is 10.9 Å². The number of piperazine rings is 1. The fourth-order valence-corrected chi connectivity index (χ4v) is 5.41. The van der Waals surface area contributed by atoms with Gasteiger partial charge in [0, 0.05) is 51.2 Å². The Balaban J connectivity index is 1.60. The number of likely N-dealkylation sites (N-methyl/N-ethyl adjacent to an activating group) is 1. The van der Waals surface area contributed by atoms with E-state index in [-0.39, 0.29) is 16.4 Å². The van der Waals surface area contributed by atoms with E-state index in [9.17, 15) is 13.2 Å². The van der Waals surface area contributed by atoms with Gasteiger partial charge in [-0.15, -0.1) is 0 Å². The summed E-state index contributed by atoms with van der Waals surface area (Å²) in [6, 6.07) is 13.0. The Morgan fingerprint density at radius 2 is 1.76 bits per heavy atom. The molecule has 9 nitrogen and oxygen atoms in total. The van der Waals surface area contributed by atoms with Gasteiger partial charge in [0.05, 0.1) is 12.0 Å². The molecule has 2 aromatic carbocycles. The first kappa shape index (κ1) is 23.9. The van der Waals surface area contributed by atoms with Gasteiger partial charge >= 0.3 is 0 Å². The monoisotopic (exact) mass is 483 g/mol. The summed E-state index contributed by atoms with van der Waals surface area (Å²) in [5.41, 5.74) is 1.09. The maximum atomic E-state index is 13.3. The lowest BCUT2D eigenvalue weighted by atomic mass is 10.0. The number of ether oxygens (including phenoxy) is 1. The highest BCUT2D eigenvalue weighted by atomic mass is 32.2. The fourth-order valence-electron chi connectivity index (χ4n) is 3.94. The first-order valence-electron chi connectivity index (χ1n) is 11.0. The predicted molar refractivity (Wildman–Crippen MR) is 128 cm³/mol. The second-order valence-corrected chi connectivity index (χ2v) is 10.2. The number of aryl methyl sites for hydroxylation is 1. The third-order valence-electron chi connectivity index (χ3n) is 6.04. The summed E-state index contributed by atoms with van der Waals surface area (Å²) < 4.78 is 34.9. The quantitative estimate of drug-likeness (QED) is 0.551. The Kier molecular flexibility index (Phi) is 7.01. The highest BCUT2D eigenvalue weighted by Crippen LogP contribution is 2.24. The lowest BCUT2D eigenvalue weighted by Crippen LogP contribution is -2.47. The lowest BCUT2D eigenvalue weighted by molar-refractivity contribution is 0.0941. The van der Waals surface area contributed by atoms with Crippen LogP contribution < -0.4 is 10.1 Å². The highest BCUT2D eigenvalue weighted by molar-refractivity contribution is 7.89. The van der Waals surface area contributed by atoms with Crippen molar-refractivity contribution in [3.63, 3.8) is 0 Å². The van der Waals surface area contributed by atoms with E-state index < -0.39 is 16.1 Å². The van der Waals surface area contributed by atoms with Crippen LogP contribution in [0.3, 0.4) is 0 Å². The predicted octanol–water partition coefficient (Wildman–Crippen LogP) is 1.88. The molecule has 34 heavy (non-hydrogen) atoms. The smallest absolute Gasteiger partial charge is 0.252 e. The molecule has 0 radical (unpaired) electrons. The van der Waals surface area contributed by atoms with Gasteiger partial charge in [0.15, 0.2) is 0 Å². The van der Waals surface area contributed by atoms with Crippen molar-refractivity contribution in [2.24, 2.45) is 7.05 Å². The van der Waals surface area contributed by atoms with Gasteiger partial charge < -0.3 is 19.5 Å². The SMILES string of the molecule is COc1ccc(C(NC(=O)c2cccc(S(=O)(=O)N3CCN(C)CC3)c2)c2nccn2C)cc1. The molecular formula is C24H29N5O4S. The number of methoxy groups -OCH3 is 1. The molecule has 0 spiro atoms. The van der Waals surface area contributed by atoms with Gasteiger partial charge in [0.1, 0.15) is 17.6 Å². The van der Waals surface area contributed by atoms with Crippen LogP contribution in [0.15, 0.2) is 65.8 Å². The number of carbonyl (C=O) groups excluding carboxylic acids is 1. The zero-order valence-electron chi connectivity index (χ0n) is 19.5. The van der Waals surface area contributed by atoms with E-state index in [1.54, 1.807) is 31.6 Å². The van der Waals surface area contributed by atoms with Crippen LogP contribution in [0.5, 0.6) is 5.75 Å². The summed E-state index contributed by atoms with van der Waals surface area (Å²) in [5, 5.41) is 3.02. The molecule has 10 heteroatoms. The summed E-state index contributed by atoms with van der Waals surface area (Å²) in [7, 11) is 1.73. The topological polar surface area (TPSA) is 96.8 Å². The van der Waals surface area contributed by atoms with Crippen molar-refractivity contribution in [3.8, 4) is 5.75 Å². The first-order valence-corrected chi connectivity index (χ1v) is 12.4. The average Bonchev–Trinajstić information content (AvgIpc) is 3.28. The van der Waals surface area contributed by atoms with E-state index in [1.165, 1.54) is 16.4 Å². The van der Waals surface area contributed by atoms with Gasteiger partial charge in [0.2, 0.25) is 10.0 Å². The standard InChI is InChI=1S/C24H29N5O4S/c1-27-13-15-29(16-14-27)34(31,32)21-6-4-5-19(17-21)24(30)26-22(23-25-11-12-28(23)2)18-7-9-20(33-3)10-8-18/h4-12,17,22H,13-16H2,1-3H3,(H,26,30). The van der Waals surface area contributed by atoms with Crippen LogP contribution in [0.4, 0.5) is 0 Å². The van der Waals surface area contributed by atoms with Crippen LogP contribution in [0, 0.1) is 0 Å². The van der Waals surface area contributed by atoms with E-state index in [0.717, 1.165) is 5.56 Å². The van der Waals surface area contributed by atoms with E-state index in [0.29, 0.717) is 37.8 Å². The number of hydrogen-bond acceptors (Lipinski definition) is 6. The van der Waals surface area contributed by atoms with E-state index in [4.69, 9.17) is 4.74 Å². The normalized spacial score (nSPS) is 16.2.